The van der Waals surface area contributed by atoms with Crippen LogP contribution in [0.4, 0.5) is 9.59 Å². The summed E-state index contributed by atoms with van der Waals surface area (Å²) in [6.07, 6.45) is -0.939. The summed E-state index contributed by atoms with van der Waals surface area (Å²) in [5, 5.41) is 5.99. The van der Waals surface area contributed by atoms with Crippen LogP contribution in [-0.2, 0) is 23.7 Å². The van der Waals surface area contributed by atoms with Gasteiger partial charge in [-0.2, -0.15) is 0 Å². The van der Waals surface area contributed by atoms with Crippen LogP contribution >= 0.6 is 0 Å². The maximum absolute atomic E-state index is 12.4. The number of hydrogen-bond donors (Lipinski definition) is 1. The summed E-state index contributed by atoms with van der Waals surface area (Å²) in [5.41, 5.74) is 7.09. The third-order valence-electron chi connectivity index (χ3n) is 3.35. The molecule has 0 saturated heterocycles. The molecular formula is C20H39N5O7. The zero-order valence-electron chi connectivity index (χ0n) is 20.2. The molecule has 0 aliphatic heterocycles. The lowest BCUT2D eigenvalue weighted by molar-refractivity contribution is 0.00416. The van der Waals surface area contributed by atoms with Crippen molar-refractivity contribution in [2.75, 3.05) is 65.8 Å². The number of azide groups is 1. The molecule has 1 N–H and O–H groups in total. The van der Waals surface area contributed by atoms with Gasteiger partial charge in [-0.25, -0.2) is 9.59 Å². The highest BCUT2D eigenvalue weighted by molar-refractivity contribution is 5.68. The Bertz CT molecular complexity index is 584. The van der Waals surface area contributed by atoms with Crippen LogP contribution in [0.25, 0.3) is 10.4 Å². The van der Waals surface area contributed by atoms with E-state index in [9.17, 15) is 9.59 Å². The molecule has 0 fully saturated rings. The van der Waals surface area contributed by atoms with Crippen molar-refractivity contribution in [1.82, 2.24) is 10.2 Å². The van der Waals surface area contributed by atoms with Crippen LogP contribution in [-0.4, -0.2) is 94.1 Å². The normalized spacial score (nSPS) is 11.4. The SMILES string of the molecule is CC(C)(C)OC(=O)NCCOCCOCCN(CCOCCN=[N+]=[N-])C(=O)OC(C)(C)C. The quantitative estimate of drug-likeness (QED) is 0.171. The molecule has 0 saturated carbocycles. The first-order valence-electron chi connectivity index (χ1n) is 10.6. The second kappa shape index (κ2) is 16.4. The zero-order chi connectivity index (χ0) is 24.5. The van der Waals surface area contributed by atoms with Gasteiger partial charge in [0, 0.05) is 31.1 Å². The van der Waals surface area contributed by atoms with Gasteiger partial charge in [0.15, 0.2) is 0 Å². The van der Waals surface area contributed by atoms with Crippen molar-refractivity contribution in [2.45, 2.75) is 52.7 Å². The van der Waals surface area contributed by atoms with E-state index in [1.54, 1.807) is 41.5 Å². The second-order valence-electron chi connectivity index (χ2n) is 8.69. The third kappa shape index (κ3) is 19.7. The molecule has 0 aromatic heterocycles. The van der Waals surface area contributed by atoms with Crippen molar-refractivity contribution < 1.29 is 33.3 Å². The molecule has 0 aromatic rings. The number of carbonyl (C=O) groups is 2. The van der Waals surface area contributed by atoms with Crippen LogP contribution in [0.1, 0.15) is 41.5 Å². The van der Waals surface area contributed by atoms with Crippen LogP contribution in [0.5, 0.6) is 0 Å². The number of ether oxygens (including phenoxy) is 5. The molecule has 0 bridgehead atoms. The van der Waals surface area contributed by atoms with Crippen LogP contribution in [0.2, 0.25) is 0 Å². The van der Waals surface area contributed by atoms with E-state index in [4.69, 9.17) is 29.2 Å². The fourth-order valence-electron chi connectivity index (χ4n) is 2.08. The van der Waals surface area contributed by atoms with Crippen molar-refractivity contribution in [3.63, 3.8) is 0 Å². The van der Waals surface area contributed by atoms with E-state index in [-0.39, 0.29) is 19.8 Å². The Morgan fingerprint density at radius 1 is 0.844 bits per heavy atom. The molecule has 0 atom stereocenters. The fourth-order valence-corrected chi connectivity index (χ4v) is 2.08. The van der Waals surface area contributed by atoms with Gasteiger partial charge in [0.05, 0.1) is 39.6 Å². The zero-order valence-corrected chi connectivity index (χ0v) is 20.2. The topological polar surface area (TPSA) is 144 Å². The van der Waals surface area contributed by atoms with E-state index in [0.717, 1.165) is 0 Å². The molecule has 32 heavy (non-hydrogen) atoms. The van der Waals surface area contributed by atoms with Gasteiger partial charge in [-0.3, -0.25) is 0 Å². The van der Waals surface area contributed by atoms with Crippen molar-refractivity contribution >= 4 is 12.2 Å². The lowest BCUT2D eigenvalue weighted by atomic mass is 10.2. The van der Waals surface area contributed by atoms with E-state index < -0.39 is 23.4 Å². The first-order valence-corrected chi connectivity index (χ1v) is 10.6. The summed E-state index contributed by atoms with van der Waals surface area (Å²) in [6.45, 7) is 13.9. The highest BCUT2D eigenvalue weighted by atomic mass is 16.6. The summed E-state index contributed by atoms with van der Waals surface area (Å²) in [7, 11) is 0. The number of alkyl carbamates (subject to hydrolysis) is 1. The summed E-state index contributed by atoms with van der Waals surface area (Å²) in [6, 6.07) is 0. The minimum Gasteiger partial charge on any atom is -0.444 e. The largest absolute Gasteiger partial charge is 0.444 e. The van der Waals surface area contributed by atoms with E-state index in [0.29, 0.717) is 46.1 Å². The van der Waals surface area contributed by atoms with Crippen molar-refractivity contribution in [1.29, 1.82) is 0 Å². The Kier molecular flexibility index (Phi) is 15.2. The molecule has 0 rings (SSSR count). The molecule has 0 aliphatic rings. The van der Waals surface area contributed by atoms with Gasteiger partial charge in [-0.15, -0.1) is 0 Å². The number of hydrogen-bond acceptors (Lipinski definition) is 8. The molecule has 12 heteroatoms. The molecule has 0 unspecified atom stereocenters. The molecule has 186 valence electrons. The average Bonchev–Trinajstić information content (AvgIpc) is 2.64. The second-order valence-corrected chi connectivity index (χ2v) is 8.69. The van der Waals surface area contributed by atoms with Gasteiger partial charge in [0.2, 0.25) is 0 Å². The van der Waals surface area contributed by atoms with Crippen molar-refractivity contribution in [3.05, 3.63) is 10.4 Å². The van der Waals surface area contributed by atoms with Crippen LogP contribution in [0.15, 0.2) is 5.11 Å². The Morgan fingerprint density at radius 3 is 1.91 bits per heavy atom. The molecule has 2 amide bonds. The molecular weight excluding hydrogens is 422 g/mol. The minimum atomic E-state index is -0.611. The number of rotatable bonds is 15. The Labute approximate surface area is 190 Å². The van der Waals surface area contributed by atoms with E-state index >= 15 is 0 Å². The van der Waals surface area contributed by atoms with Crippen LogP contribution in [0.3, 0.4) is 0 Å². The Morgan fingerprint density at radius 2 is 1.38 bits per heavy atom. The summed E-state index contributed by atoms with van der Waals surface area (Å²) in [4.78, 5) is 28.0. The Hall–Kier alpha value is -2.27. The van der Waals surface area contributed by atoms with E-state index in [2.05, 4.69) is 15.3 Å². The van der Waals surface area contributed by atoms with Gasteiger partial charge < -0.3 is 33.9 Å². The predicted octanol–water partition coefficient (Wildman–Crippen LogP) is 3.11. The smallest absolute Gasteiger partial charge is 0.410 e. The first kappa shape index (κ1) is 29.7. The van der Waals surface area contributed by atoms with Crippen LogP contribution in [0, 0.1) is 0 Å². The number of amides is 2. The third-order valence-corrected chi connectivity index (χ3v) is 3.35. The number of nitrogens with one attached hydrogen (secondary N) is 1. The van der Waals surface area contributed by atoms with Crippen molar-refractivity contribution in [3.8, 4) is 0 Å². The Balaban J connectivity index is 4.04. The van der Waals surface area contributed by atoms with Crippen LogP contribution < -0.4 is 5.32 Å². The molecule has 0 aromatic carbocycles. The van der Waals surface area contributed by atoms with Gasteiger partial charge >= 0.3 is 12.2 Å². The summed E-state index contributed by atoms with van der Waals surface area (Å²) in [5.74, 6) is 0. The average molecular weight is 462 g/mol. The maximum Gasteiger partial charge on any atom is 0.410 e. The van der Waals surface area contributed by atoms with Gasteiger partial charge in [0.25, 0.3) is 0 Å². The minimum absolute atomic E-state index is 0.235. The monoisotopic (exact) mass is 461 g/mol. The first-order chi connectivity index (χ1) is 14.9. The highest BCUT2D eigenvalue weighted by Gasteiger charge is 2.21. The van der Waals surface area contributed by atoms with E-state index in [1.807, 2.05) is 0 Å². The molecule has 12 nitrogen and oxygen atoms in total. The summed E-state index contributed by atoms with van der Waals surface area (Å²) < 4.78 is 26.8. The lowest BCUT2D eigenvalue weighted by Gasteiger charge is -2.27. The molecule has 0 radical (unpaired) electrons. The number of nitrogens with zero attached hydrogens (tertiary/aromatic N) is 4. The van der Waals surface area contributed by atoms with Gasteiger partial charge in [-0.1, -0.05) is 5.11 Å². The van der Waals surface area contributed by atoms with E-state index in [1.165, 1.54) is 4.90 Å². The molecule has 0 spiro atoms. The highest BCUT2D eigenvalue weighted by Crippen LogP contribution is 2.10. The lowest BCUT2D eigenvalue weighted by Crippen LogP contribution is -2.40. The number of carbonyl (C=O) groups excluding carboxylic acids is 2. The van der Waals surface area contributed by atoms with Gasteiger partial charge in [0.1, 0.15) is 11.2 Å². The predicted molar refractivity (Wildman–Crippen MR) is 119 cm³/mol. The summed E-state index contributed by atoms with van der Waals surface area (Å²) >= 11 is 0. The van der Waals surface area contributed by atoms with Gasteiger partial charge in [-0.05, 0) is 47.1 Å². The fraction of sp³-hybridized carbons (Fsp3) is 0.900. The maximum atomic E-state index is 12.4. The van der Waals surface area contributed by atoms with Crippen molar-refractivity contribution in [2.24, 2.45) is 5.11 Å². The molecule has 0 aliphatic carbocycles. The molecule has 0 heterocycles. The standard InChI is InChI=1S/C20H39N5O7/c1-19(2,3)31-17(26)22-7-11-29-15-16-30-14-10-25(18(27)32-20(4,5)6)9-13-28-12-8-23-24-21/h7-16H2,1-6H3,(H,22,26).